The highest BCUT2D eigenvalue weighted by molar-refractivity contribution is 8.03. The number of amides is 1. The fraction of sp³-hybridized carbons (Fsp3) is 0.333. The van der Waals surface area contributed by atoms with Gasteiger partial charge in [-0.15, -0.1) is 0 Å². The minimum absolute atomic E-state index is 0.0277. The summed E-state index contributed by atoms with van der Waals surface area (Å²) in [5.41, 5.74) is 3.92. The number of hydrogen-bond acceptors (Lipinski definition) is 6. The molecular weight excluding hydrogens is 410 g/mol. The number of benzene rings is 2. The molecule has 2 aliphatic heterocycles. The number of carbonyl (C=O) groups excluding carboxylic acids is 1. The van der Waals surface area contributed by atoms with Crippen molar-refractivity contribution in [2.45, 2.75) is 25.7 Å². The molecule has 2 aromatic rings. The average Bonchev–Trinajstić information content (AvgIpc) is 2.83. The lowest BCUT2D eigenvalue weighted by Crippen LogP contribution is -2.47. The van der Waals surface area contributed by atoms with E-state index in [1.54, 1.807) is 30.9 Å². The summed E-state index contributed by atoms with van der Waals surface area (Å²) in [6, 6.07) is 16.3. The number of aryl methyl sites for hydroxylation is 1. The smallest absolute Gasteiger partial charge is 0.229 e. The monoisotopic (exact) mass is 435 g/mol. The molecule has 0 aliphatic carbocycles. The maximum absolute atomic E-state index is 13.2. The number of nitrogens with zero attached hydrogens (tertiary/aromatic N) is 3. The zero-order chi connectivity index (χ0) is 22.0. The van der Waals surface area contributed by atoms with E-state index in [9.17, 15) is 10.1 Å². The maximum Gasteiger partial charge on any atom is 0.229 e. The summed E-state index contributed by atoms with van der Waals surface area (Å²) in [5, 5.41) is 10.8. The van der Waals surface area contributed by atoms with Gasteiger partial charge in [-0.25, -0.2) is 0 Å². The van der Waals surface area contributed by atoms with Crippen molar-refractivity contribution in [2.75, 3.05) is 31.7 Å². The van der Waals surface area contributed by atoms with E-state index in [-0.39, 0.29) is 18.2 Å². The normalized spacial score (nSPS) is 18.5. The summed E-state index contributed by atoms with van der Waals surface area (Å²) in [5.74, 6) is 1.65. The highest BCUT2D eigenvalue weighted by Crippen LogP contribution is 2.44. The van der Waals surface area contributed by atoms with Crippen LogP contribution in [-0.4, -0.2) is 37.6 Å². The van der Waals surface area contributed by atoms with Gasteiger partial charge in [-0.1, -0.05) is 43.0 Å². The quantitative estimate of drug-likeness (QED) is 0.690. The first-order chi connectivity index (χ1) is 15.1. The summed E-state index contributed by atoms with van der Waals surface area (Å²) in [6.45, 7) is 2.59. The van der Waals surface area contributed by atoms with Crippen LogP contribution in [0.5, 0.6) is 11.5 Å². The van der Waals surface area contributed by atoms with Gasteiger partial charge in [0, 0.05) is 18.0 Å². The van der Waals surface area contributed by atoms with Crippen LogP contribution in [0.2, 0.25) is 0 Å². The largest absolute Gasteiger partial charge is 0.493 e. The zero-order valence-electron chi connectivity index (χ0n) is 17.9. The highest BCUT2D eigenvalue weighted by Gasteiger charge is 2.38. The van der Waals surface area contributed by atoms with Crippen molar-refractivity contribution in [3.8, 4) is 17.6 Å². The molecule has 1 saturated heterocycles. The molecule has 0 unspecified atom stereocenters. The van der Waals surface area contributed by atoms with Gasteiger partial charge in [-0.3, -0.25) is 9.69 Å². The number of anilines is 1. The van der Waals surface area contributed by atoms with Crippen molar-refractivity contribution in [2.24, 2.45) is 0 Å². The lowest BCUT2D eigenvalue weighted by atomic mass is 9.86. The number of para-hydroxylation sites is 1. The van der Waals surface area contributed by atoms with Gasteiger partial charge < -0.3 is 14.4 Å². The third-order valence-electron chi connectivity index (χ3n) is 5.82. The zero-order valence-corrected chi connectivity index (χ0v) is 18.7. The number of nitriles is 1. The standard InChI is InChI=1S/C24H25N3O3S/c1-4-16-7-5-6-8-20(16)26-14-27-23(28)12-18(19(13-25)24(27)31-15-26)17-9-10-21(29-2)22(11-17)30-3/h5-11,18H,4,12,14-15H2,1-3H3/t18-/m1/s1. The molecule has 0 bridgehead atoms. The van der Waals surface area contributed by atoms with Crippen LogP contribution in [0.15, 0.2) is 53.1 Å². The van der Waals surface area contributed by atoms with E-state index >= 15 is 0 Å². The second-order valence-corrected chi connectivity index (χ2v) is 8.39. The second kappa shape index (κ2) is 8.94. The Bertz CT molecular complexity index is 1080. The average molecular weight is 436 g/mol. The Kier molecular flexibility index (Phi) is 6.10. The summed E-state index contributed by atoms with van der Waals surface area (Å²) < 4.78 is 10.7. The Morgan fingerprint density at radius 2 is 1.94 bits per heavy atom. The highest BCUT2D eigenvalue weighted by atomic mass is 32.2. The second-order valence-electron chi connectivity index (χ2n) is 7.46. The van der Waals surface area contributed by atoms with E-state index in [0.29, 0.717) is 29.6 Å². The van der Waals surface area contributed by atoms with Gasteiger partial charge in [0.2, 0.25) is 5.91 Å². The molecule has 1 atom stereocenters. The Morgan fingerprint density at radius 3 is 2.65 bits per heavy atom. The van der Waals surface area contributed by atoms with E-state index in [2.05, 4.69) is 30.0 Å². The van der Waals surface area contributed by atoms with E-state index in [1.807, 2.05) is 30.3 Å². The number of rotatable bonds is 5. The number of thioether (sulfide) groups is 1. The summed E-state index contributed by atoms with van der Waals surface area (Å²) in [4.78, 5) is 17.1. The van der Waals surface area contributed by atoms with Crippen LogP contribution >= 0.6 is 11.8 Å². The van der Waals surface area contributed by atoms with Gasteiger partial charge in [0.25, 0.3) is 0 Å². The molecule has 160 valence electrons. The number of hydrogen-bond donors (Lipinski definition) is 0. The molecule has 1 amide bonds. The summed E-state index contributed by atoms with van der Waals surface area (Å²) >= 11 is 1.55. The van der Waals surface area contributed by atoms with Crippen LogP contribution in [0.3, 0.4) is 0 Å². The third kappa shape index (κ3) is 3.84. The first-order valence-corrected chi connectivity index (χ1v) is 11.2. The van der Waals surface area contributed by atoms with E-state index < -0.39 is 0 Å². The Labute approximate surface area is 187 Å². The number of ether oxygens (including phenoxy) is 2. The number of methoxy groups -OCH3 is 2. The summed E-state index contributed by atoms with van der Waals surface area (Å²) in [7, 11) is 3.17. The summed E-state index contributed by atoms with van der Waals surface area (Å²) in [6.07, 6.45) is 1.19. The number of allylic oxidation sites excluding steroid dienone is 1. The van der Waals surface area contributed by atoms with Crippen molar-refractivity contribution in [1.82, 2.24) is 4.90 Å². The molecular formula is C24H25N3O3S. The SMILES string of the molecule is CCc1ccccc1N1CSC2=C(C#N)[C@@H](c3ccc(OC)c(OC)c3)CC(=O)N2C1. The molecule has 2 heterocycles. The van der Waals surface area contributed by atoms with Crippen molar-refractivity contribution in [3.63, 3.8) is 0 Å². The first kappa shape index (κ1) is 21.1. The molecule has 2 aromatic carbocycles. The molecule has 7 heteroatoms. The van der Waals surface area contributed by atoms with Crippen molar-refractivity contribution in [3.05, 3.63) is 64.2 Å². The maximum atomic E-state index is 13.2. The predicted molar refractivity (Wildman–Crippen MR) is 122 cm³/mol. The molecule has 4 rings (SSSR count). The van der Waals surface area contributed by atoms with Crippen molar-refractivity contribution in [1.29, 1.82) is 5.26 Å². The molecule has 0 radical (unpaired) electrons. The van der Waals surface area contributed by atoms with Gasteiger partial charge in [0.05, 0.1) is 43.4 Å². The molecule has 1 fully saturated rings. The van der Waals surface area contributed by atoms with Crippen molar-refractivity contribution >= 4 is 23.4 Å². The van der Waals surface area contributed by atoms with E-state index in [0.717, 1.165) is 22.7 Å². The molecule has 6 nitrogen and oxygen atoms in total. The van der Waals surface area contributed by atoms with Gasteiger partial charge in [-0.05, 0) is 35.7 Å². The predicted octanol–water partition coefficient (Wildman–Crippen LogP) is 4.49. The number of carbonyl (C=O) groups is 1. The van der Waals surface area contributed by atoms with E-state index in [1.165, 1.54) is 5.56 Å². The van der Waals surface area contributed by atoms with Crippen molar-refractivity contribution < 1.29 is 14.3 Å². The van der Waals surface area contributed by atoms with Crippen LogP contribution in [0.4, 0.5) is 5.69 Å². The Hall–Kier alpha value is -3.11. The molecule has 0 aromatic heterocycles. The topological polar surface area (TPSA) is 65.8 Å². The lowest BCUT2D eigenvalue weighted by molar-refractivity contribution is -0.129. The van der Waals surface area contributed by atoms with Crippen LogP contribution in [-0.2, 0) is 11.2 Å². The van der Waals surface area contributed by atoms with Crippen LogP contribution in [0.1, 0.15) is 30.4 Å². The van der Waals surface area contributed by atoms with E-state index in [4.69, 9.17) is 9.47 Å². The van der Waals surface area contributed by atoms with Gasteiger partial charge >= 0.3 is 0 Å². The third-order valence-corrected chi connectivity index (χ3v) is 6.97. The minimum atomic E-state index is -0.287. The van der Waals surface area contributed by atoms with Gasteiger partial charge in [0.15, 0.2) is 11.5 Å². The van der Waals surface area contributed by atoms with Gasteiger partial charge in [0.1, 0.15) is 0 Å². The fourth-order valence-electron chi connectivity index (χ4n) is 4.19. The first-order valence-electron chi connectivity index (χ1n) is 10.2. The molecule has 31 heavy (non-hydrogen) atoms. The van der Waals surface area contributed by atoms with Crippen LogP contribution < -0.4 is 14.4 Å². The van der Waals surface area contributed by atoms with Crippen LogP contribution in [0, 0.1) is 11.3 Å². The lowest BCUT2D eigenvalue weighted by Gasteiger charge is -2.42. The Balaban J connectivity index is 1.68. The molecule has 0 saturated carbocycles. The molecule has 0 N–H and O–H groups in total. The number of fused-ring (bicyclic) bond motifs is 1. The molecule has 2 aliphatic rings. The van der Waals surface area contributed by atoms with Gasteiger partial charge in [-0.2, -0.15) is 5.26 Å². The Morgan fingerprint density at radius 1 is 1.16 bits per heavy atom. The van der Waals surface area contributed by atoms with Crippen LogP contribution in [0.25, 0.3) is 0 Å². The minimum Gasteiger partial charge on any atom is -0.493 e. The molecule has 0 spiro atoms. The fourth-order valence-corrected chi connectivity index (χ4v) is 5.35.